The Morgan fingerprint density at radius 2 is 1.85 bits per heavy atom. The molecule has 5 heteroatoms. The van der Waals surface area contributed by atoms with E-state index in [-0.39, 0.29) is 17.9 Å². The Labute approximate surface area is 161 Å². The van der Waals surface area contributed by atoms with E-state index in [1.807, 2.05) is 36.1 Å². The lowest BCUT2D eigenvalue weighted by molar-refractivity contribution is 0.0788. The van der Waals surface area contributed by atoms with Gasteiger partial charge in [-0.15, -0.1) is 0 Å². The molecule has 5 nitrogen and oxygen atoms in total. The zero-order valence-corrected chi connectivity index (χ0v) is 16.1. The van der Waals surface area contributed by atoms with E-state index < -0.39 is 0 Å². The number of hydrogen-bond acceptors (Lipinski definition) is 4. The van der Waals surface area contributed by atoms with Crippen LogP contribution in [0.25, 0.3) is 0 Å². The molecule has 1 amide bonds. The number of ether oxygens (including phenoxy) is 2. The molecule has 2 atom stereocenters. The van der Waals surface area contributed by atoms with Gasteiger partial charge >= 0.3 is 0 Å². The lowest BCUT2D eigenvalue weighted by atomic mass is 9.95. The number of benzene rings is 2. The smallest absolute Gasteiger partial charge is 0.254 e. The van der Waals surface area contributed by atoms with Crippen molar-refractivity contribution in [3.8, 4) is 11.5 Å². The summed E-state index contributed by atoms with van der Waals surface area (Å²) in [5.41, 5.74) is 8.11. The fourth-order valence-corrected chi connectivity index (χ4v) is 3.47. The Balaban J connectivity index is 1.76. The molecule has 0 radical (unpaired) electrons. The molecule has 0 aliphatic carbocycles. The highest BCUT2D eigenvalue weighted by molar-refractivity contribution is 5.95. The number of hydrogen-bond donors (Lipinski definition) is 1. The number of nitrogens with zero attached hydrogens (tertiary/aromatic N) is 1. The maximum atomic E-state index is 13.0. The number of carbonyl (C=O) groups is 1. The van der Waals surface area contributed by atoms with Gasteiger partial charge in [0.05, 0.1) is 13.2 Å². The van der Waals surface area contributed by atoms with Crippen molar-refractivity contribution in [2.75, 3.05) is 26.3 Å². The summed E-state index contributed by atoms with van der Waals surface area (Å²) < 4.78 is 11.4. The van der Waals surface area contributed by atoms with E-state index in [9.17, 15) is 4.79 Å². The number of rotatable bonds is 7. The van der Waals surface area contributed by atoms with Crippen LogP contribution in [-0.4, -0.2) is 43.2 Å². The van der Waals surface area contributed by atoms with E-state index in [4.69, 9.17) is 15.2 Å². The van der Waals surface area contributed by atoms with Crippen LogP contribution in [0.2, 0.25) is 0 Å². The maximum absolute atomic E-state index is 13.0. The number of nitrogens with two attached hydrogens (primary N) is 1. The third kappa shape index (κ3) is 4.42. The molecule has 3 rings (SSSR count). The summed E-state index contributed by atoms with van der Waals surface area (Å²) in [5.74, 6) is 1.43. The molecule has 2 N–H and O–H groups in total. The van der Waals surface area contributed by atoms with Crippen LogP contribution < -0.4 is 15.2 Å². The second-order valence-electron chi connectivity index (χ2n) is 6.83. The highest BCUT2D eigenvalue weighted by Crippen LogP contribution is 2.31. The molecule has 2 aromatic carbocycles. The average Bonchev–Trinajstić information content (AvgIpc) is 3.09. The monoisotopic (exact) mass is 368 g/mol. The maximum Gasteiger partial charge on any atom is 0.254 e. The molecular formula is C22H28N2O3. The third-order valence-electron chi connectivity index (χ3n) is 4.83. The van der Waals surface area contributed by atoms with Crippen LogP contribution in [0.4, 0.5) is 0 Å². The van der Waals surface area contributed by atoms with Gasteiger partial charge in [-0.2, -0.15) is 0 Å². The topological polar surface area (TPSA) is 64.8 Å². The minimum absolute atomic E-state index is 0.0214. The average molecular weight is 368 g/mol. The molecule has 144 valence electrons. The van der Waals surface area contributed by atoms with E-state index in [0.717, 1.165) is 6.42 Å². The van der Waals surface area contributed by atoms with Gasteiger partial charge in [0, 0.05) is 30.6 Å². The molecule has 27 heavy (non-hydrogen) atoms. The number of carbonyl (C=O) groups excluding carboxylic acids is 1. The van der Waals surface area contributed by atoms with Crippen LogP contribution in [-0.2, 0) is 0 Å². The van der Waals surface area contributed by atoms with Crippen LogP contribution >= 0.6 is 0 Å². The third-order valence-corrected chi connectivity index (χ3v) is 4.83. The molecule has 0 bridgehead atoms. The van der Waals surface area contributed by atoms with Crippen LogP contribution in [0.3, 0.4) is 0 Å². The molecule has 1 aliphatic rings. The molecule has 2 aromatic rings. The lowest BCUT2D eigenvalue weighted by Crippen LogP contribution is -2.32. The first-order valence-corrected chi connectivity index (χ1v) is 9.63. The SMILES string of the molecule is CCCOc1ccc(C(=O)N2C[C@@H](N)[C@H](c3ccccc3)C2)cc1OCC. The zero-order chi connectivity index (χ0) is 19.2. The molecule has 0 spiro atoms. The van der Waals surface area contributed by atoms with Crippen molar-refractivity contribution < 1.29 is 14.3 Å². The van der Waals surface area contributed by atoms with Crippen LogP contribution in [0.5, 0.6) is 11.5 Å². The summed E-state index contributed by atoms with van der Waals surface area (Å²) in [6, 6.07) is 15.5. The van der Waals surface area contributed by atoms with Crippen molar-refractivity contribution in [3.05, 3.63) is 59.7 Å². The highest BCUT2D eigenvalue weighted by atomic mass is 16.5. The molecule has 0 saturated carbocycles. The molecule has 0 aromatic heterocycles. The van der Waals surface area contributed by atoms with Gasteiger partial charge in [0.25, 0.3) is 5.91 Å². The summed E-state index contributed by atoms with van der Waals surface area (Å²) >= 11 is 0. The molecular weight excluding hydrogens is 340 g/mol. The molecule has 1 saturated heterocycles. The van der Waals surface area contributed by atoms with Crippen molar-refractivity contribution in [2.45, 2.75) is 32.2 Å². The predicted molar refractivity (Wildman–Crippen MR) is 106 cm³/mol. The fraction of sp³-hybridized carbons (Fsp3) is 0.409. The Morgan fingerprint density at radius 3 is 2.56 bits per heavy atom. The zero-order valence-electron chi connectivity index (χ0n) is 16.1. The second kappa shape index (κ2) is 8.91. The molecule has 1 heterocycles. The predicted octanol–water partition coefficient (Wildman–Crippen LogP) is 3.44. The number of likely N-dealkylation sites (tertiary alicyclic amines) is 1. The van der Waals surface area contributed by atoms with Crippen molar-refractivity contribution in [3.63, 3.8) is 0 Å². The van der Waals surface area contributed by atoms with Crippen LogP contribution in [0, 0.1) is 0 Å². The molecule has 1 aliphatic heterocycles. The van der Waals surface area contributed by atoms with Gasteiger partial charge in [0.1, 0.15) is 0 Å². The summed E-state index contributed by atoms with van der Waals surface area (Å²) in [7, 11) is 0. The normalized spacial score (nSPS) is 19.1. The highest BCUT2D eigenvalue weighted by Gasteiger charge is 2.34. The molecule has 0 unspecified atom stereocenters. The van der Waals surface area contributed by atoms with Gasteiger partial charge in [-0.3, -0.25) is 4.79 Å². The molecule has 1 fully saturated rings. The van der Waals surface area contributed by atoms with E-state index in [1.54, 1.807) is 12.1 Å². The number of amides is 1. The Morgan fingerprint density at radius 1 is 1.07 bits per heavy atom. The Bertz CT molecular complexity index is 763. The first-order valence-electron chi connectivity index (χ1n) is 9.63. The Kier molecular flexibility index (Phi) is 6.35. The van der Waals surface area contributed by atoms with Crippen molar-refractivity contribution in [2.24, 2.45) is 5.73 Å². The van der Waals surface area contributed by atoms with E-state index in [2.05, 4.69) is 19.1 Å². The quantitative estimate of drug-likeness (QED) is 0.813. The fourth-order valence-electron chi connectivity index (χ4n) is 3.47. The largest absolute Gasteiger partial charge is 0.490 e. The van der Waals surface area contributed by atoms with Crippen molar-refractivity contribution in [1.82, 2.24) is 4.90 Å². The second-order valence-corrected chi connectivity index (χ2v) is 6.83. The van der Waals surface area contributed by atoms with Gasteiger partial charge in [-0.05, 0) is 37.1 Å². The minimum atomic E-state index is -0.0603. The van der Waals surface area contributed by atoms with Crippen molar-refractivity contribution >= 4 is 5.91 Å². The Hall–Kier alpha value is -2.53. The standard InChI is InChI=1S/C22H28N2O3/c1-3-12-27-20-11-10-17(13-21(20)26-4-2)22(25)24-14-18(19(23)15-24)16-8-6-5-7-9-16/h5-11,13,18-19H,3-4,12,14-15,23H2,1-2H3/t18-,19+/m0/s1. The van der Waals surface area contributed by atoms with Crippen molar-refractivity contribution in [1.29, 1.82) is 0 Å². The van der Waals surface area contributed by atoms with E-state index in [0.29, 0.717) is 43.4 Å². The summed E-state index contributed by atoms with van der Waals surface area (Å²) in [4.78, 5) is 14.9. The van der Waals surface area contributed by atoms with Crippen LogP contribution in [0.15, 0.2) is 48.5 Å². The first kappa shape index (κ1) is 19.2. The van der Waals surface area contributed by atoms with Gasteiger partial charge in [0.15, 0.2) is 11.5 Å². The summed E-state index contributed by atoms with van der Waals surface area (Å²) in [6.07, 6.45) is 0.915. The van der Waals surface area contributed by atoms with E-state index >= 15 is 0 Å². The van der Waals surface area contributed by atoms with Crippen LogP contribution in [0.1, 0.15) is 42.1 Å². The van der Waals surface area contributed by atoms with Gasteiger partial charge < -0.3 is 20.1 Å². The minimum Gasteiger partial charge on any atom is -0.490 e. The summed E-state index contributed by atoms with van der Waals surface area (Å²) in [6.45, 7) is 6.29. The van der Waals surface area contributed by atoms with Gasteiger partial charge in [0.2, 0.25) is 0 Å². The van der Waals surface area contributed by atoms with E-state index in [1.165, 1.54) is 5.56 Å². The summed E-state index contributed by atoms with van der Waals surface area (Å²) in [5, 5.41) is 0. The van der Waals surface area contributed by atoms with Gasteiger partial charge in [-0.25, -0.2) is 0 Å². The first-order chi connectivity index (χ1) is 13.1. The van der Waals surface area contributed by atoms with Gasteiger partial charge in [-0.1, -0.05) is 37.3 Å². The lowest BCUT2D eigenvalue weighted by Gasteiger charge is -2.18.